The second kappa shape index (κ2) is 7.89. The van der Waals surface area contributed by atoms with Gasteiger partial charge < -0.3 is 9.64 Å². The average molecular weight is 418 g/mol. The number of thioether (sulfide) groups is 1. The lowest BCUT2D eigenvalue weighted by molar-refractivity contribution is -0.115. The van der Waals surface area contributed by atoms with Gasteiger partial charge in [0.25, 0.3) is 11.1 Å². The smallest absolute Gasteiger partial charge is 0.290 e. The highest BCUT2D eigenvalue weighted by molar-refractivity contribution is 8.18. The predicted octanol–water partition coefficient (Wildman–Crippen LogP) is 3.46. The summed E-state index contributed by atoms with van der Waals surface area (Å²) in [6.07, 6.45) is 5.38. The molecular formula is C22H18N4O3S. The summed E-state index contributed by atoms with van der Waals surface area (Å²) in [5.74, 6) is 0.583. The number of morpholine rings is 1. The fourth-order valence-corrected chi connectivity index (χ4v) is 4.28. The van der Waals surface area contributed by atoms with Crippen molar-refractivity contribution >= 4 is 45.7 Å². The summed E-state index contributed by atoms with van der Waals surface area (Å²) in [7, 11) is 0. The van der Waals surface area contributed by atoms with Gasteiger partial charge in [-0.1, -0.05) is 6.07 Å². The summed E-state index contributed by atoms with van der Waals surface area (Å²) in [4.78, 5) is 35.0. The van der Waals surface area contributed by atoms with Crippen LogP contribution in [0.3, 0.4) is 0 Å². The van der Waals surface area contributed by atoms with Crippen LogP contribution in [0.25, 0.3) is 28.1 Å². The standard InChI is InChI=1S/C22H18N4O3S/c27-21-19(30-22(28)25-21)12-14-1-3-18-17(11-14)16(5-6-23-18)15-2-4-20(24-13-15)26-7-9-29-10-8-26/h1-6,11-13H,7-10H2,(H,25,27,28). The number of hydrogen-bond acceptors (Lipinski definition) is 7. The largest absolute Gasteiger partial charge is 0.378 e. The maximum atomic E-state index is 11.8. The molecule has 2 amide bonds. The zero-order valence-electron chi connectivity index (χ0n) is 16.0. The van der Waals surface area contributed by atoms with Crippen molar-refractivity contribution < 1.29 is 14.3 Å². The van der Waals surface area contributed by atoms with Crippen LogP contribution < -0.4 is 10.2 Å². The molecule has 2 aromatic heterocycles. The lowest BCUT2D eigenvalue weighted by Gasteiger charge is -2.27. The molecule has 1 N–H and O–H groups in total. The quantitative estimate of drug-likeness (QED) is 0.652. The van der Waals surface area contributed by atoms with Gasteiger partial charge in [0.05, 0.1) is 23.6 Å². The SMILES string of the molecule is O=C1NC(=O)C(=Cc2ccc3nccc(-c4ccc(N5CCOCC5)nc4)c3c2)S1. The van der Waals surface area contributed by atoms with E-state index >= 15 is 0 Å². The lowest BCUT2D eigenvalue weighted by Crippen LogP contribution is -2.36. The molecule has 0 bridgehead atoms. The number of carbonyl (C=O) groups excluding carboxylic acids is 2. The number of fused-ring (bicyclic) bond motifs is 1. The minimum atomic E-state index is -0.362. The molecule has 2 saturated heterocycles. The van der Waals surface area contributed by atoms with E-state index in [-0.39, 0.29) is 11.1 Å². The van der Waals surface area contributed by atoms with E-state index in [0.717, 1.165) is 71.5 Å². The summed E-state index contributed by atoms with van der Waals surface area (Å²) in [5, 5.41) is 2.89. The van der Waals surface area contributed by atoms with Crippen LogP contribution in [0.4, 0.5) is 10.6 Å². The molecule has 0 atom stereocenters. The molecule has 5 rings (SSSR count). The molecule has 0 aliphatic carbocycles. The van der Waals surface area contributed by atoms with Crippen LogP contribution in [0.15, 0.2) is 53.7 Å². The molecule has 2 fully saturated rings. The van der Waals surface area contributed by atoms with Gasteiger partial charge in [-0.3, -0.25) is 19.9 Å². The molecule has 2 aliphatic heterocycles. The number of rotatable bonds is 3. The molecule has 3 aromatic rings. The number of nitrogens with zero attached hydrogens (tertiary/aromatic N) is 3. The Labute approximate surface area is 177 Å². The van der Waals surface area contributed by atoms with E-state index in [1.54, 1.807) is 12.3 Å². The highest BCUT2D eigenvalue weighted by Gasteiger charge is 2.25. The van der Waals surface area contributed by atoms with Gasteiger partial charge in [0.1, 0.15) is 5.82 Å². The van der Waals surface area contributed by atoms with Crippen LogP contribution in [0, 0.1) is 0 Å². The molecule has 4 heterocycles. The van der Waals surface area contributed by atoms with E-state index in [9.17, 15) is 9.59 Å². The molecule has 1 aromatic carbocycles. The van der Waals surface area contributed by atoms with E-state index in [0.29, 0.717) is 4.91 Å². The number of ether oxygens (including phenoxy) is 1. The van der Waals surface area contributed by atoms with Gasteiger partial charge in [0, 0.05) is 36.4 Å². The first-order valence-corrected chi connectivity index (χ1v) is 10.4. The van der Waals surface area contributed by atoms with Crippen LogP contribution >= 0.6 is 11.8 Å². The van der Waals surface area contributed by atoms with Crippen molar-refractivity contribution in [3.8, 4) is 11.1 Å². The minimum absolute atomic E-state index is 0.346. The number of imide groups is 1. The van der Waals surface area contributed by atoms with E-state index < -0.39 is 0 Å². The molecule has 0 saturated carbocycles. The maximum Gasteiger partial charge on any atom is 0.290 e. The van der Waals surface area contributed by atoms with Gasteiger partial charge in [-0.05, 0) is 59.3 Å². The number of amides is 2. The molecule has 0 unspecified atom stereocenters. The van der Waals surface area contributed by atoms with E-state index in [4.69, 9.17) is 4.74 Å². The third kappa shape index (κ3) is 3.67. The zero-order chi connectivity index (χ0) is 20.5. The van der Waals surface area contributed by atoms with Crippen molar-refractivity contribution in [2.24, 2.45) is 0 Å². The van der Waals surface area contributed by atoms with E-state index in [2.05, 4.69) is 26.3 Å². The van der Waals surface area contributed by atoms with Gasteiger partial charge in [-0.15, -0.1) is 0 Å². The molecule has 30 heavy (non-hydrogen) atoms. The number of aromatic nitrogens is 2. The predicted molar refractivity (Wildman–Crippen MR) is 117 cm³/mol. The topological polar surface area (TPSA) is 84.4 Å². The molecule has 0 radical (unpaired) electrons. The average Bonchev–Trinajstić information content (AvgIpc) is 3.10. The third-order valence-electron chi connectivity index (χ3n) is 5.10. The van der Waals surface area contributed by atoms with Crippen molar-refractivity contribution in [3.63, 3.8) is 0 Å². The van der Waals surface area contributed by atoms with Crippen LogP contribution in [0.2, 0.25) is 0 Å². The summed E-state index contributed by atoms with van der Waals surface area (Å²) in [6.45, 7) is 3.13. The van der Waals surface area contributed by atoms with Crippen LogP contribution in [-0.4, -0.2) is 47.4 Å². The fourth-order valence-electron chi connectivity index (χ4n) is 3.60. The van der Waals surface area contributed by atoms with Gasteiger partial charge in [-0.25, -0.2) is 4.98 Å². The molecule has 150 valence electrons. The Morgan fingerprint density at radius 1 is 1.07 bits per heavy atom. The Bertz CT molecular complexity index is 1170. The number of benzene rings is 1. The van der Waals surface area contributed by atoms with Crippen LogP contribution in [0.1, 0.15) is 5.56 Å². The Morgan fingerprint density at radius 3 is 2.67 bits per heavy atom. The highest BCUT2D eigenvalue weighted by atomic mass is 32.2. The van der Waals surface area contributed by atoms with E-state index in [1.807, 2.05) is 36.5 Å². The first-order valence-electron chi connectivity index (χ1n) is 9.60. The Kier molecular flexibility index (Phi) is 4.94. The Morgan fingerprint density at radius 2 is 1.93 bits per heavy atom. The number of pyridine rings is 2. The fraction of sp³-hybridized carbons (Fsp3) is 0.182. The van der Waals surface area contributed by atoms with Crippen LogP contribution in [0.5, 0.6) is 0 Å². The van der Waals surface area contributed by atoms with Gasteiger partial charge in [-0.2, -0.15) is 0 Å². The van der Waals surface area contributed by atoms with E-state index in [1.165, 1.54) is 0 Å². The van der Waals surface area contributed by atoms with Crippen molar-refractivity contribution in [1.29, 1.82) is 0 Å². The van der Waals surface area contributed by atoms with Gasteiger partial charge >= 0.3 is 0 Å². The third-order valence-corrected chi connectivity index (χ3v) is 5.91. The van der Waals surface area contributed by atoms with Gasteiger partial charge in [0.15, 0.2) is 0 Å². The number of anilines is 1. The summed E-state index contributed by atoms with van der Waals surface area (Å²) < 4.78 is 5.41. The molecule has 0 spiro atoms. The Hall–Kier alpha value is -3.23. The molecular weight excluding hydrogens is 400 g/mol. The monoisotopic (exact) mass is 418 g/mol. The maximum absolute atomic E-state index is 11.8. The Balaban J connectivity index is 1.50. The van der Waals surface area contributed by atoms with Gasteiger partial charge in [0.2, 0.25) is 0 Å². The first-order chi connectivity index (χ1) is 14.7. The molecule has 8 heteroatoms. The zero-order valence-corrected chi connectivity index (χ0v) is 16.8. The number of nitrogens with one attached hydrogen (secondary N) is 1. The minimum Gasteiger partial charge on any atom is -0.378 e. The second-order valence-corrected chi connectivity index (χ2v) is 8.01. The summed E-state index contributed by atoms with van der Waals surface area (Å²) in [5.41, 5.74) is 3.70. The summed E-state index contributed by atoms with van der Waals surface area (Å²) in [6, 6.07) is 11.9. The normalized spacial score (nSPS) is 18.3. The number of hydrogen-bond donors (Lipinski definition) is 1. The highest BCUT2D eigenvalue weighted by Crippen LogP contribution is 2.31. The van der Waals surface area contributed by atoms with Crippen molar-refractivity contribution in [2.75, 3.05) is 31.2 Å². The molecule has 7 nitrogen and oxygen atoms in total. The number of carbonyl (C=O) groups is 2. The lowest BCUT2D eigenvalue weighted by atomic mass is 10.0. The van der Waals surface area contributed by atoms with Crippen molar-refractivity contribution in [3.05, 3.63) is 59.3 Å². The molecule has 2 aliphatic rings. The first kappa shape index (κ1) is 18.8. The van der Waals surface area contributed by atoms with Crippen molar-refractivity contribution in [1.82, 2.24) is 15.3 Å². The van der Waals surface area contributed by atoms with Crippen molar-refractivity contribution in [2.45, 2.75) is 0 Å². The summed E-state index contributed by atoms with van der Waals surface area (Å²) >= 11 is 0.912. The second-order valence-electron chi connectivity index (χ2n) is 6.99. The van der Waals surface area contributed by atoms with Crippen LogP contribution in [-0.2, 0) is 9.53 Å².